The first-order valence-corrected chi connectivity index (χ1v) is 9.74. The Balaban J connectivity index is 2.94. The van der Waals surface area contributed by atoms with Crippen LogP contribution in [0.1, 0.15) is 66.2 Å². The number of rotatable bonds is 8. The minimum absolute atomic E-state index is 0.663. The minimum atomic E-state index is -1.00. The van der Waals surface area contributed by atoms with Gasteiger partial charge < -0.3 is 0 Å². The van der Waals surface area contributed by atoms with Crippen LogP contribution in [-0.4, -0.2) is 6.17 Å². The van der Waals surface area contributed by atoms with Gasteiger partial charge in [0.1, 0.15) is 6.17 Å². The Kier molecular flexibility index (Phi) is 10.1. The Hall–Kier alpha value is -1.63. The van der Waals surface area contributed by atoms with Gasteiger partial charge in [-0.25, -0.2) is 4.39 Å². The van der Waals surface area contributed by atoms with Crippen molar-refractivity contribution in [3.8, 4) is 0 Å². The van der Waals surface area contributed by atoms with E-state index in [1.54, 1.807) is 6.92 Å². The maximum Gasteiger partial charge on any atom is 0.123 e. The van der Waals surface area contributed by atoms with Gasteiger partial charge in [-0.2, -0.15) is 0 Å². The molecule has 0 aromatic heterocycles. The molecule has 138 valence electrons. The van der Waals surface area contributed by atoms with Crippen molar-refractivity contribution in [3.63, 3.8) is 0 Å². The lowest BCUT2D eigenvalue weighted by Gasteiger charge is -2.22. The van der Waals surface area contributed by atoms with Gasteiger partial charge in [-0.3, -0.25) is 0 Å². The molecule has 1 aliphatic carbocycles. The quantitative estimate of drug-likeness (QED) is 0.394. The second-order valence-corrected chi connectivity index (χ2v) is 6.81. The first kappa shape index (κ1) is 21.4. The fourth-order valence-electron chi connectivity index (χ4n) is 3.31. The van der Waals surface area contributed by atoms with Crippen LogP contribution in [-0.2, 0) is 0 Å². The Morgan fingerprint density at radius 1 is 1.08 bits per heavy atom. The molecule has 0 N–H and O–H groups in total. The predicted molar refractivity (Wildman–Crippen MR) is 110 cm³/mol. The Labute approximate surface area is 154 Å². The van der Waals surface area contributed by atoms with E-state index in [0.717, 1.165) is 23.1 Å². The van der Waals surface area contributed by atoms with Crippen molar-refractivity contribution in [2.24, 2.45) is 5.92 Å². The molecule has 0 aliphatic heterocycles. The molecule has 0 amide bonds. The van der Waals surface area contributed by atoms with Crippen LogP contribution in [0.15, 0.2) is 71.4 Å². The summed E-state index contributed by atoms with van der Waals surface area (Å²) in [4.78, 5) is 0. The highest BCUT2D eigenvalue weighted by Gasteiger charge is 2.16. The molecule has 0 aromatic carbocycles. The maximum absolute atomic E-state index is 14.2. The first-order valence-electron chi connectivity index (χ1n) is 9.74. The summed E-state index contributed by atoms with van der Waals surface area (Å²) in [5, 5.41) is 0. The Bertz CT molecular complexity index is 561. The van der Waals surface area contributed by atoms with Crippen LogP contribution in [0, 0.1) is 5.92 Å². The van der Waals surface area contributed by atoms with Crippen LogP contribution in [0.5, 0.6) is 0 Å². The fraction of sp³-hybridized carbons (Fsp3) is 0.500. The van der Waals surface area contributed by atoms with Gasteiger partial charge in [-0.1, -0.05) is 80.9 Å². The summed E-state index contributed by atoms with van der Waals surface area (Å²) in [6.07, 6.45) is 20.7. The SMILES string of the molecule is C=C(\C=C/C=C(C(/C=C\C(=C/C)C1CCCCC1)=C/C)\C(C)F)CC. The first-order chi connectivity index (χ1) is 12.0. The smallest absolute Gasteiger partial charge is 0.123 e. The van der Waals surface area contributed by atoms with Gasteiger partial charge in [-0.05, 0) is 62.7 Å². The van der Waals surface area contributed by atoms with Gasteiger partial charge in [0, 0.05) is 0 Å². The summed E-state index contributed by atoms with van der Waals surface area (Å²) >= 11 is 0. The third kappa shape index (κ3) is 7.42. The number of halogens is 1. The Morgan fingerprint density at radius 2 is 1.76 bits per heavy atom. The third-order valence-electron chi connectivity index (χ3n) is 5.00. The van der Waals surface area contributed by atoms with Crippen LogP contribution >= 0.6 is 0 Å². The zero-order valence-electron chi connectivity index (χ0n) is 16.5. The van der Waals surface area contributed by atoms with Crippen molar-refractivity contribution >= 4 is 0 Å². The van der Waals surface area contributed by atoms with Crippen molar-refractivity contribution in [2.75, 3.05) is 0 Å². The molecule has 25 heavy (non-hydrogen) atoms. The predicted octanol–water partition coefficient (Wildman–Crippen LogP) is 7.82. The van der Waals surface area contributed by atoms with Crippen LogP contribution in [0.25, 0.3) is 0 Å². The van der Waals surface area contributed by atoms with E-state index in [1.165, 1.54) is 37.7 Å². The van der Waals surface area contributed by atoms with Crippen LogP contribution in [0.4, 0.5) is 4.39 Å². The average Bonchev–Trinajstić information content (AvgIpc) is 2.63. The molecule has 1 aliphatic rings. The van der Waals surface area contributed by atoms with Crippen molar-refractivity contribution in [2.45, 2.75) is 72.4 Å². The van der Waals surface area contributed by atoms with Crippen LogP contribution in [0.2, 0.25) is 0 Å². The normalized spacial score (nSPS) is 19.8. The van der Waals surface area contributed by atoms with Gasteiger partial charge in [0.25, 0.3) is 0 Å². The molecular weight excluding hydrogens is 307 g/mol. The van der Waals surface area contributed by atoms with Gasteiger partial charge in [-0.15, -0.1) is 0 Å². The second kappa shape index (κ2) is 11.8. The van der Waals surface area contributed by atoms with Gasteiger partial charge in [0.2, 0.25) is 0 Å². The molecule has 1 atom stereocenters. The van der Waals surface area contributed by atoms with E-state index in [-0.39, 0.29) is 0 Å². The number of hydrogen-bond acceptors (Lipinski definition) is 0. The van der Waals surface area contributed by atoms with E-state index < -0.39 is 6.17 Å². The zero-order chi connectivity index (χ0) is 18.7. The van der Waals surface area contributed by atoms with E-state index >= 15 is 0 Å². The number of hydrogen-bond donors (Lipinski definition) is 0. The third-order valence-corrected chi connectivity index (χ3v) is 5.00. The molecule has 0 spiro atoms. The molecule has 1 unspecified atom stereocenters. The molecule has 1 rings (SSSR count). The number of allylic oxidation sites excluding steroid dienone is 11. The zero-order valence-corrected chi connectivity index (χ0v) is 16.5. The minimum Gasteiger partial charge on any atom is -0.243 e. The largest absolute Gasteiger partial charge is 0.243 e. The highest BCUT2D eigenvalue weighted by molar-refractivity contribution is 5.45. The molecule has 0 nitrogen and oxygen atoms in total. The lowest BCUT2D eigenvalue weighted by molar-refractivity contribution is 0.408. The summed E-state index contributed by atoms with van der Waals surface area (Å²) in [7, 11) is 0. The summed E-state index contributed by atoms with van der Waals surface area (Å²) in [6, 6.07) is 0. The van der Waals surface area contributed by atoms with E-state index in [0.29, 0.717) is 5.92 Å². The van der Waals surface area contributed by atoms with E-state index in [9.17, 15) is 4.39 Å². The van der Waals surface area contributed by atoms with E-state index in [4.69, 9.17) is 0 Å². The molecule has 0 heterocycles. The highest BCUT2D eigenvalue weighted by Crippen LogP contribution is 2.31. The lowest BCUT2D eigenvalue weighted by Crippen LogP contribution is -2.08. The molecular formula is C24H35F. The molecule has 1 fully saturated rings. The summed E-state index contributed by atoms with van der Waals surface area (Å²) in [6.45, 7) is 11.7. The molecule has 0 radical (unpaired) electrons. The highest BCUT2D eigenvalue weighted by atomic mass is 19.1. The lowest BCUT2D eigenvalue weighted by atomic mass is 9.83. The maximum atomic E-state index is 14.2. The van der Waals surface area contributed by atoms with Gasteiger partial charge in [0.15, 0.2) is 0 Å². The summed E-state index contributed by atoms with van der Waals surface area (Å²) in [5.41, 5.74) is 4.11. The standard InChI is InChI=1S/C24H35F/c1-6-19(4)13-12-16-24(20(5)25)22(8-3)18-17-21(7-2)23-14-10-9-11-15-23/h7-8,12-13,16-18,20,23H,4,6,9-11,14-15H2,1-3,5H3/b13-12-,18-17-,21-7+,22-8+,24-16+. The topological polar surface area (TPSA) is 0 Å². The van der Waals surface area contributed by atoms with Gasteiger partial charge >= 0.3 is 0 Å². The van der Waals surface area contributed by atoms with Crippen LogP contribution in [0.3, 0.4) is 0 Å². The van der Waals surface area contributed by atoms with Crippen molar-refractivity contribution in [1.82, 2.24) is 0 Å². The van der Waals surface area contributed by atoms with E-state index in [2.05, 4.69) is 38.7 Å². The van der Waals surface area contributed by atoms with Gasteiger partial charge in [0.05, 0.1) is 0 Å². The molecule has 0 saturated heterocycles. The van der Waals surface area contributed by atoms with E-state index in [1.807, 2.05) is 31.2 Å². The fourth-order valence-corrected chi connectivity index (χ4v) is 3.31. The van der Waals surface area contributed by atoms with Crippen molar-refractivity contribution in [3.05, 3.63) is 71.4 Å². The summed E-state index contributed by atoms with van der Waals surface area (Å²) in [5.74, 6) is 0.663. The van der Waals surface area contributed by atoms with Crippen molar-refractivity contribution in [1.29, 1.82) is 0 Å². The van der Waals surface area contributed by atoms with Crippen molar-refractivity contribution < 1.29 is 4.39 Å². The molecule has 0 bridgehead atoms. The second-order valence-electron chi connectivity index (χ2n) is 6.81. The molecule has 1 saturated carbocycles. The molecule has 0 aromatic rings. The number of alkyl halides is 1. The van der Waals surface area contributed by atoms with Crippen LogP contribution < -0.4 is 0 Å². The summed E-state index contributed by atoms with van der Waals surface area (Å²) < 4.78 is 14.2. The Morgan fingerprint density at radius 3 is 2.28 bits per heavy atom. The monoisotopic (exact) mass is 342 g/mol. The molecule has 1 heteroatoms. The average molecular weight is 343 g/mol.